The fraction of sp³-hybridized carbons (Fsp3) is 0.381. The number of aryl methyl sites for hydroxylation is 3. The molecule has 2 saturated heterocycles. The van der Waals surface area contributed by atoms with Crippen LogP contribution in [0.3, 0.4) is 0 Å². The van der Waals surface area contributed by atoms with Gasteiger partial charge in [-0.15, -0.1) is 0 Å². The van der Waals surface area contributed by atoms with Crippen LogP contribution in [0.15, 0.2) is 60.9 Å². The van der Waals surface area contributed by atoms with Crippen molar-refractivity contribution in [2.24, 2.45) is 13.0 Å². The molecule has 13 nitrogen and oxygen atoms in total. The van der Waals surface area contributed by atoms with E-state index in [0.717, 1.165) is 36.1 Å². The van der Waals surface area contributed by atoms with E-state index < -0.39 is 17.5 Å². The molecule has 2 aromatic carbocycles. The lowest BCUT2D eigenvalue weighted by Gasteiger charge is -2.40. The minimum atomic E-state index is -1.09. The molecule has 0 radical (unpaired) electrons. The number of ether oxygens (including phenoxy) is 1. The molecule has 2 fully saturated rings. The molecule has 3 amide bonds. The molecule has 5 heterocycles. The number of hydrogen-bond donors (Lipinski definition) is 1. The molecule has 16 heteroatoms. The third kappa shape index (κ3) is 8.46. The zero-order chi connectivity index (χ0) is 41.3. The summed E-state index contributed by atoms with van der Waals surface area (Å²) in [6.45, 7) is 5.89. The first-order valence-electron chi connectivity index (χ1n) is 19.3. The summed E-state index contributed by atoms with van der Waals surface area (Å²) in [4.78, 5) is 52.1. The van der Waals surface area contributed by atoms with Gasteiger partial charge in [-0.25, -0.2) is 18.7 Å². The van der Waals surface area contributed by atoms with Crippen LogP contribution in [0.4, 0.5) is 14.5 Å². The SMILES string of the molecule is COc1cccc(CCn2cc(-c3ccc(-c4cnc(C(=O)Nc5ccc(C(=O)N6CCN(C(=O)C7CC[N+](C)(C)CC7)CC6)c(Cl)c5)n4C)c(F)c3F)c(C)n2)n1. The van der Waals surface area contributed by atoms with Crippen LogP contribution >= 0.6 is 11.6 Å². The summed E-state index contributed by atoms with van der Waals surface area (Å²) in [5.41, 5.74) is 2.56. The Hall–Kier alpha value is -5.67. The summed E-state index contributed by atoms with van der Waals surface area (Å²) in [6, 6.07) is 13.0. The van der Waals surface area contributed by atoms with E-state index in [1.54, 1.807) is 48.0 Å². The second-order valence-corrected chi connectivity index (χ2v) is 16.0. The molecule has 2 aliphatic rings. The number of nitrogens with zero attached hydrogens (tertiary/aromatic N) is 8. The maximum absolute atomic E-state index is 15.8. The summed E-state index contributed by atoms with van der Waals surface area (Å²) in [6.07, 6.45) is 5.29. The van der Waals surface area contributed by atoms with E-state index in [4.69, 9.17) is 16.3 Å². The number of methoxy groups -OCH3 is 1. The van der Waals surface area contributed by atoms with Crippen molar-refractivity contribution in [1.82, 2.24) is 34.1 Å². The van der Waals surface area contributed by atoms with Crippen LogP contribution in [0, 0.1) is 24.5 Å². The first-order chi connectivity index (χ1) is 27.7. The number of amides is 3. The Balaban J connectivity index is 0.974. The number of carbonyl (C=O) groups excluding carboxylic acids is 3. The van der Waals surface area contributed by atoms with Gasteiger partial charge in [-0.2, -0.15) is 5.10 Å². The molecule has 0 saturated carbocycles. The Morgan fingerprint density at radius 3 is 2.34 bits per heavy atom. The number of piperazine rings is 1. The standard InChI is InChI=1S/C42H46ClF2N9O4/c1-26-33(25-53(49-26)16-13-28-7-6-8-36(47-28)58-5)30-11-12-32(38(45)37(30)44)35-24-46-39(50(35)2)40(55)48-29-9-10-31(34(43)23-29)42(57)52-19-17-51(18-20-52)41(56)27-14-21-54(3,4)22-15-27/h6-12,23-25,27H,13-22H2,1-5H3/p+1. The number of anilines is 1. The molecular weight excluding hydrogens is 768 g/mol. The third-order valence-electron chi connectivity index (χ3n) is 11.2. The van der Waals surface area contributed by atoms with Crippen LogP contribution in [0.5, 0.6) is 5.88 Å². The number of piperidine rings is 1. The van der Waals surface area contributed by atoms with Crippen LogP contribution in [0.1, 0.15) is 45.2 Å². The van der Waals surface area contributed by atoms with Gasteiger partial charge in [0.15, 0.2) is 17.5 Å². The van der Waals surface area contributed by atoms with Crippen molar-refractivity contribution in [1.29, 1.82) is 0 Å². The van der Waals surface area contributed by atoms with Crippen LogP contribution in [-0.2, 0) is 24.8 Å². The normalized spacial score (nSPS) is 15.7. The minimum absolute atomic E-state index is 0.0341. The van der Waals surface area contributed by atoms with Gasteiger partial charge in [-0.1, -0.05) is 23.7 Å². The Bertz CT molecular complexity index is 2360. The molecule has 304 valence electrons. The number of nitrogens with one attached hydrogen (secondary N) is 1. The Morgan fingerprint density at radius 1 is 0.948 bits per heavy atom. The number of imidazole rings is 1. The molecule has 3 aromatic heterocycles. The van der Waals surface area contributed by atoms with Gasteiger partial charge in [-0.05, 0) is 37.3 Å². The van der Waals surface area contributed by atoms with E-state index in [9.17, 15) is 14.4 Å². The summed E-state index contributed by atoms with van der Waals surface area (Å²) in [7, 11) is 7.46. The predicted molar refractivity (Wildman–Crippen MR) is 215 cm³/mol. The average molecular weight is 815 g/mol. The lowest BCUT2D eigenvalue weighted by Crippen LogP contribution is -2.54. The van der Waals surface area contributed by atoms with Crippen molar-refractivity contribution in [3.8, 4) is 28.3 Å². The smallest absolute Gasteiger partial charge is 0.291 e. The van der Waals surface area contributed by atoms with E-state index in [-0.39, 0.29) is 51.0 Å². The van der Waals surface area contributed by atoms with Crippen molar-refractivity contribution >= 4 is 35.0 Å². The molecule has 0 aliphatic carbocycles. The van der Waals surface area contributed by atoms with Gasteiger partial charge < -0.3 is 28.9 Å². The highest BCUT2D eigenvalue weighted by atomic mass is 35.5. The number of benzene rings is 2. The van der Waals surface area contributed by atoms with Gasteiger partial charge in [0.05, 0.1) is 62.5 Å². The van der Waals surface area contributed by atoms with E-state index in [1.165, 1.54) is 36.0 Å². The first kappa shape index (κ1) is 40.5. The van der Waals surface area contributed by atoms with Gasteiger partial charge in [0.2, 0.25) is 11.8 Å². The van der Waals surface area contributed by atoms with Gasteiger partial charge in [-0.3, -0.25) is 19.1 Å². The molecule has 0 unspecified atom stereocenters. The van der Waals surface area contributed by atoms with E-state index in [1.807, 2.05) is 17.0 Å². The fourth-order valence-corrected chi connectivity index (χ4v) is 7.95. The minimum Gasteiger partial charge on any atom is -0.481 e. The van der Waals surface area contributed by atoms with Gasteiger partial charge in [0.1, 0.15) is 0 Å². The Kier molecular flexibility index (Phi) is 11.6. The Morgan fingerprint density at radius 2 is 1.64 bits per heavy atom. The monoisotopic (exact) mass is 814 g/mol. The van der Waals surface area contributed by atoms with Crippen molar-refractivity contribution in [2.45, 2.75) is 32.7 Å². The number of hydrogen-bond acceptors (Lipinski definition) is 7. The quantitative estimate of drug-likeness (QED) is 0.175. The lowest BCUT2D eigenvalue weighted by atomic mass is 9.94. The zero-order valence-corrected chi connectivity index (χ0v) is 34.0. The summed E-state index contributed by atoms with van der Waals surface area (Å²) in [5, 5.41) is 7.38. The van der Waals surface area contributed by atoms with Crippen molar-refractivity contribution in [3.05, 3.63) is 100 Å². The van der Waals surface area contributed by atoms with Gasteiger partial charge >= 0.3 is 0 Å². The fourth-order valence-electron chi connectivity index (χ4n) is 7.69. The lowest BCUT2D eigenvalue weighted by molar-refractivity contribution is -0.895. The molecule has 1 N–H and O–H groups in total. The van der Waals surface area contributed by atoms with Crippen LogP contribution in [0.2, 0.25) is 5.02 Å². The molecule has 0 bridgehead atoms. The maximum Gasteiger partial charge on any atom is 0.291 e. The first-order valence-corrected chi connectivity index (χ1v) is 19.7. The van der Waals surface area contributed by atoms with Crippen molar-refractivity contribution < 1.29 is 32.4 Å². The number of halogens is 3. The summed E-state index contributed by atoms with van der Waals surface area (Å²) < 4.78 is 40.7. The molecular formula is C42H47ClF2N9O4+. The highest BCUT2D eigenvalue weighted by molar-refractivity contribution is 6.34. The predicted octanol–water partition coefficient (Wildman–Crippen LogP) is 5.86. The van der Waals surface area contributed by atoms with Crippen molar-refractivity contribution in [3.63, 3.8) is 0 Å². The van der Waals surface area contributed by atoms with Crippen LogP contribution in [0.25, 0.3) is 22.4 Å². The van der Waals surface area contributed by atoms with Crippen LogP contribution in [-0.4, -0.2) is 117 Å². The van der Waals surface area contributed by atoms with E-state index in [0.29, 0.717) is 62.0 Å². The molecule has 2 aliphatic heterocycles. The highest BCUT2D eigenvalue weighted by Crippen LogP contribution is 2.33. The molecule has 7 rings (SSSR count). The van der Waals surface area contributed by atoms with E-state index >= 15 is 8.78 Å². The van der Waals surface area contributed by atoms with Crippen LogP contribution < -0.4 is 10.1 Å². The number of aromatic nitrogens is 5. The zero-order valence-electron chi connectivity index (χ0n) is 33.3. The number of carbonyl (C=O) groups is 3. The second-order valence-electron chi connectivity index (χ2n) is 15.6. The average Bonchev–Trinajstić information content (AvgIpc) is 3.79. The Labute approximate surface area is 340 Å². The number of likely N-dealkylation sites (tertiary alicyclic amines) is 1. The summed E-state index contributed by atoms with van der Waals surface area (Å²) in [5.74, 6) is -2.36. The largest absolute Gasteiger partial charge is 0.481 e. The molecule has 58 heavy (non-hydrogen) atoms. The third-order valence-corrected chi connectivity index (χ3v) is 11.5. The topological polar surface area (TPSA) is 127 Å². The molecule has 0 spiro atoms. The van der Waals surface area contributed by atoms with Gasteiger partial charge in [0, 0.05) is 105 Å². The number of quaternary nitrogens is 1. The van der Waals surface area contributed by atoms with Gasteiger partial charge in [0.25, 0.3) is 11.8 Å². The molecule has 5 aromatic rings. The number of rotatable bonds is 10. The summed E-state index contributed by atoms with van der Waals surface area (Å²) >= 11 is 6.57. The number of pyridine rings is 1. The van der Waals surface area contributed by atoms with Crippen molar-refractivity contribution in [2.75, 3.05) is 65.8 Å². The highest BCUT2D eigenvalue weighted by Gasteiger charge is 2.35. The van der Waals surface area contributed by atoms with E-state index in [2.05, 4.69) is 34.5 Å². The maximum atomic E-state index is 15.8. The second kappa shape index (κ2) is 16.7. The molecule has 0 atom stereocenters.